The van der Waals surface area contributed by atoms with Gasteiger partial charge in [-0.3, -0.25) is 10.1 Å². The number of rotatable bonds is 6. The lowest BCUT2D eigenvalue weighted by atomic mass is 10.2. The van der Waals surface area contributed by atoms with Crippen molar-refractivity contribution in [3.8, 4) is 17.1 Å². The molecule has 0 aliphatic carbocycles. The summed E-state index contributed by atoms with van der Waals surface area (Å²) in [5.41, 5.74) is 0.478. The van der Waals surface area contributed by atoms with Gasteiger partial charge >= 0.3 is 11.7 Å². The van der Waals surface area contributed by atoms with E-state index in [1.165, 1.54) is 25.4 Å². The zero-order chi connectivity index (χ0) is 19.4. The van der Waals surface area contributed by atoms with Gasteiger partial charge in [0.15, 0.2) is 18.1 Å². The highest BCUT2D eigenvalue weighted by atomic mass is 35.5. The molecule has 0 saturated carbocycles. The van der Waals surface area contributed by atoms with Crippen molar-refractivity contribution in [2.75, 3.05) is 7.11 Å². The van der Waals surface area contributed by atoms with Gasteiger partial charge in [0.25, 0.3) is 0 Å². The van der Waals surface area contributed by atoms with Crippen molar-refractivity contribution in [1.82, 2.24) is 4.98 Å². The number of esters is 1. The van der Waals surface area contributed by atoms with Crippen LogP contribution >= 0.6 is 11.6 Å². The fourth-order valence-corrected chi connectivity index (χ4v) is 2.42. The molecule has 0 N–H and O–H groups in total. The Bertz CT molecular complexity index is 984. The van der Waals surface area contributed by atoms with Crippen LogP contribution in [-0.4, -0.2) is 23.0 Å². The summed E-state index contributed by atoms with van der Waals surface area (Å²) in [6.07, 6.45) is 1.52. The van der Waals surface area contributed by atoms with E-state index in [0.29, 0.717) is 10.8 Å². The summed E-state index contributed by atoms with van der Waals surface area (Å²) in [5.74, 6) is 0.0657. The van der Waals surface area contributed by atoms with Crippen LogP contribution in [0.2, 0.25) is 5.02 Å². The first kappa shape index (κ1) is 18.4. The topological polar surface area (TPSA) is 105 Å². The largest absolute Gasteiger partial charge is 0.477 e. The number of halogens is 1. The summed E-state index contributed by atoms with van der Waals surface area (Å²) < 4.78 is 15.6. The van der Waals surface area contributed by atoms with E-state index >= 15 is 0 Å². The van der Waals surface area contributed by atoms with E-state index in [9.17, 15) is 14.9 Å². The fraction of sp³-hybridized carbons (Fsp3) is 0.111. The number of hydrogen-bond acceptors (Lipinski definition) is 7. The number of methoxy groups -OCH3 is 1. The van der Waals surface area contributed by atoms with Gasteiger partial charge in [-0.05, 0) is 36.4 Å². The van der Waals surface area contributed by atoms with Crippen molar-refractivity contribution in [3.63, 3.8) is 0 Å². The molecule has 0 saturated heterocycles. The Kier molecular flexibility index (Phi) is 5.37. The number of nitrogens with zero attached hydrogens (tertiary/aromatic N) is 2. The van der Waals surface area contributed by atoms with Crippen molar-refractivity contribution >= 4 is 23.3 Å². The van der Waals surface area contributed by atoms with Gasteiger partial charge in [0, 0.05) is 16.7 Å². The van der Waals surface area contributed by atoms with Gasteiger partial charge < -0.3 is 13.9 Å². The van der Waals surface area contributed by atoms with Gasteiger partial charge in [-0.1, -0.05) is 11.6 Å². The SMILES string of the molecule is COC(=O)c1ccc(OCc2ncc(-c3ccc(Cl)cc3)o2)c([N+](=O)[O-])c1. The molecule has 138 valence electrons. The lowest BCUT2D eigenvalue weighted by molar-refractivity contribution is -0.386. The predicted molar refractivity (Wildman–Crippen MR) is 95.7 cm³/mol. The maximum absolute atomic E-state index is 11.5. The molecule has 0 radical (unpaired) electrons. The van der Waals surface area contributed by atoms with Gasteiger partial charge in [-0.2, -0.15) is 0 Å². The summed E-state index contributed by atoms with van der Waals surface area (Å²) in [6, 6.07) is 10.8. The first-order valence-electron chi connectivity index (χ1n) is 7.68. The Morgan fingerprint density at radius 1 is 1.26 bits per heavy atom. The van der Waals surface area contributed by atoms with Crippen molar-refractivity contribution in [3.05, 3.63) is 75.3 Å². The number of nitro benzene ring substituents is 1. The minimum Gasteiger partial charge on any atom is -0.477 e. The number of carbonyl (C=O) groups is 1. The molecule has 0 amide bonds. The third-order valence-corrected chi connectivity index (χ3v) is 3.86. The number of nitro groups is 1. The standard InChI is InChI=1S/C18H13ClN2O6/c1-25-18(22)12-4-7-15(14(8-12)21(23)24)26-10-17-20-9-16(27-17)11-2-5-13(19)6-3-11/h2-9H,10H2,1H3. The van der Waals surface area contributed by atoms with Gasteiger partial charge in [0.2, 0.25) is 5.89 Å². The van der Waals surface area contributed by atoms with Gasteiger partial charge in [-0.25, -0.2) is 9.78 Å². The van der Waals surface area contributed by atoms with Crippen molar-refractivity contribution in [2.24, 2.45) is 0 Å². The van der Waals surface area contributed by atoms with E-state index in [2.05, 4.69) is 9.72 Å². The van der Waals surface area contributed by atoms with Crippen LogP contribution in [0, 0.1) is 10.1 Å². The summed E-state index contributed by atoms with van der Waals surface area (Å²) in [6.45, 7) is -0.119. The summed E-state index contributed by atoms with van der Waals surface area (Å²) in [7, 11) is 1.19. The van der Waals surface area contributed by atoms with Crippen LogP contribution in [0.15, 0.2) is 53.1 Å². The second-order valence-corrected chi connectivity index (χ2v) is 5.78. The van der Waals surface area contributed by atoms with Crippen molar-refractivity contribution < 1.29 is 23.6 Å². The molecule has 1 aromatic heterocycles. The smallest absolute Gasteiger partial charge is 0.338 e. The first-order valence-corrected chi connectivity index (χ1v) is 8.06. The van der Waals surface area contributed by atoms with Crippen LogP contribution < -0.4 is 4.74 Å². The second kappa shape index (κ2) is 7.88. The zero-order valence-electron chi connectivity index (χ0n) is 14.0. The Labute approximate surface area is 158 Å². The molecule has 8 nitrogen and oxygen atoms in total. The minimum absolute atomic E-state index is 0.0149. The molecular formula is C18H13ClN2O6. The molecule has 3 aromatic rings. The average Bonchev–Trinajstić information content (AvgIpc) is 3.15. The molecule has 0 atom stereocenters. The molecule has 9 heteroatoms. The number of ether oxygens (including phenoxy) is 2. The maximum atomic E-state index is 11.5. The van der Waals surface area contributed by atoms with E-state index in [1.807, 2.05) is 0 Å². The van der Waals surface area contributed by atoms with Crippen LogP contribution in [0.4, 0.5) is 5.69 Å². The summed E-state index contributed by atoms with van der Waals surface area (Å²) in [5, 5.41) is 11.8. The molecule has 0 fully saturated rings. The van der Waals surface area contributed by atoms with Crippen LogP contribution in [0.25, 0.3) is 11.3 Å². The van der Waals surface area contributed by atoms with Gasteiger partial charge in [0.05, 0.1) is 23.8 Å². The van der Waals surface area contributed by atoms with E-state index in [-0.39, 0.29) is 29.5 Å². The normalized spacial score (nSPS) is 10.4. The molecule has 2 aromatic carbocycles. The highest BCUT2D eigenvalue weighted by molar-refractivity contribution is 6.30. The first-order chi connectivity index (χ1) is 13.0. The molecule has 0 unspecified atom stereocenters. The third kappa shape index (κ3) is 4.24. The molecular weight excluding hydrogens is 376 g/mol. The Hall–Kier alpha value is -3.39. The number of benzene rings is 2. The molecule has 0 aliphatic heterocycles. The molecule has 0 aliphatic rings. The van der Waals surface area contributed by atoms with Crippen molar-refractivity contribution in [2.45, 2.75) is 6.61 Å². The van der Waals surface area contributed by atoms with E-state index in [1.54, 1.807) is 24.3 Å². The highest BCUT2D eigenvalue weighted by Crippen LogP contribution is 2.29. The quantitative estimate of drug-likeness (QED) is 0.352. The van der Waals surface area contributed by atoms with E-state index < -0.39 is 10.9 Å². The summed E-state index contributed by atoms with van der Waals surface area (Å²) in [4.78, 5) is 26.2. The molecule has 1 heterocycles. The zero-order valence-corrected chi connectivity index (χ0v) is 14.8. The minimum atomic E-state index is -0.676. The summed E-state index contributed by atoms with van der Waals surface area (Å²) >= 11 is 5.85. The Morgan fingerprint density at radius 3 is 2.67 bits per heavy atom. The van der Waals surface area contributed by atoms with Crippen LogP contribution in [0.3, 0.4) is 0 Å². The van der Waals surface area contributed by atoms with E-state index in [4.69, 9.17) is 20.8 Å². The lowest BCUT2D eigenvalue weighted by Gasteiger charge is -2.06. The molecule has 27 heavy (non-hydrogen) atoms. The van der Waals surface area contributed by atoms with Crippen molar-refractivity contribution in [1.29, 1.82) is 0 Å². The average molecular weight is 389 g/mol. The van der Waals surface area contributed by atoms with Gasteiger partial charge in [0.1, 0.15) is 0 Å². The third-order valence-electron chi connectivity index (χ3n) is 3.61. The fourth-order valence-electron chi connectivity index (χ4n) is 2.29. The van der Waals surface area contributed by atoms with E-state index in [0.717, 1.165) is 11.6 Å². The number of oxazole rings is 1. The Morgan fingerprint density at radius 2 is 2.00 bits per heavy atom. The molecule has 0 spiro atoms. The maximum Gasteiger partial charge on any atom is 0.338 e. The number of aromatic nitrogens is 1. The lowest BCUT2D eigenvalue weighted by Crippen LogP contribution is -2.04. The van der Waals surface area contributed by atoms with Crippen LogP contribution in [0.1, 0.15) is 16.2 Å². The van der Waals surface area contributed by atoms with Crippen LogP contribution in [-0.2, 0) is 11.3 Å². The Balaban J connectivity index is 1.76. The van der Waals surface area contributed by atoms with Gasteiger partial charge in [-0.15, -0.1) is 0 Å². The highest BCUT2D eigenvalue weighted by Gasteiger charge is 2.20. The van der Waals surface area contributed by atoms with Crippen LogP contribution in [0.5, 0.6) is 5.75 Å². The number of carbonyl (C=O) groups excluding carboxylic acids is 1. The predicted octanol–water partition coefficient (Wildman–Crippen LogP) is 4.27. The monoisotopic (exact) mass is 388 g/mol. The number of hydrogen-bond donors (Lipinski definition) is 0. The molecule has 3 rings (SSSR count). The molecule has 0 bridgehead atoms. The second-order valence-electron chi connectivity index (χ2n) is 5.35.